The zero-order valence-electron chi connectivity index (χ0n) is 24.7. The van der Waals surface area contributed by atoms with Gasteiger partial charge in [-0.05, 0) is 75.4 Å². The fourth-order valence-corrected chi connectivity index (χ4v) is 7.47. The average Bonchev–Trinajstić information content (AvgIpc) is 3.57. The van der Waals surface area contributed by atoms with Crippen molar-refractivity contribution in [1.29, 1.82) is 0 Å². The second kappa shape index (κ2) is 12.6. The van der Waals surface area contributed by atoms with Crippen LogP contribution >= 0.6 is 11.6 Å². The van der Waals surface area contributed by atoms with Gasteiger partial charge < -0.3 is 24.5 Å². The van der Waals surface area contributed by atoms with Gasteiger partial charge in [-0.15, -0.1) is 13.2 Å². The Bertz CT molecular complexity index is 1370. The van der Waals surface area contributed by atoms with Crippen LogP contribution in [-0.2, 0) is 19.1 Å². The summed E-state index contributed by atoms with van der Waals surface area (Å²) >= 11 is 6.15. The Morgan fingerprint density at radius 3 is 2.23 bits per heavy atom. The first-order valence-corrected chi connectivity index (χ1v) is 15.4. The van der Waals surface area contributed by atoms with E-state index in [9.17, 15) is 19.5 Å². The number of aliphatic hydroxyl groups excluding tert-OH is 1. The molecule has 8 nitrogen and oxygen atoms in total. The first-order valence-electron chi connectivity index (χ1n) is 15.0. The number of fused-ring (bicyclic) bond motifs is 1. The van der Waals surface area contributed by atoms with Crippen LogP contribution in [0.1, 0.15) is 39.0 Å². The third-order valence-corrected chi connectivity index (χ3v) is 9.45. The van der Waals surface area contributed by atoms with Crippen LogP contribution in [0.5, 0.6) is 0 Å². The maximum absolute atomic E-state index is 14.7. The van der Waals surface area contributed by atoms with Gasteiger partial charge in [0.05, 0.1) is 17.4 Å². The summed E-state index contributed by atoms with van der Waals surface area (Å²) < 4.78 is 6.84. The summed E-state index contributed by atoms with van der Waals surface area (Å²) in [6.07, 6.45) is 6.28. The molecule has 0 saturated carbocycles. The Hall–Kier alpha value is -3.46. The minimum atomic E-state index is -1.15. The highest BCUT2D eigenvalue weighted by Gasteiger charge is 2.78. The monoisotopic (exact) mass is 605 g/mol. The van der Waals surface area contributed by atoms with Gasteiger partial charge in [0, 0.05) is 42.6 Å². The molecule has 3 saturated heterocycles. The molecule has 3 amide bonds. The number of amides is 3. The number of nitrogens with zero attached hydrogens (tertiary/aromatic N) is 3. The molecule has 0 radical (unpaired) electrons. The van der Waals surface area contributed by atoms with E-state index < -0.39 is 29.1 Å². The molecule has 228 valence electrons. The Morgan fingerprint density at radius 2 is 1.60 bits per heavy atom. The molecule has 3 fully saturated rings. The first kappa shape index (κ1) is 31.0. The molecule has 1 N–H and O–H groups in total. The number of halogens is 1. The number of rotatable bonds is 13. The first-order chi connectivity index (χ1) is 20.7. The van der Waals surface area contributed by atoms with E-state index in [4.69, 9.17) is 16.3 Å². The van der Waals surface area contributed by atoms with E-state index in [1.165, 1.54) is 0 Å². The van der Waals surface area contributed by atoms with Gasteiger partial charge in [0.1, 0.15) is 11.6 Å². The van der Waals surface area contributed by atoms with E-state index in [-0.39, 0.29) is 37.4 Å². The van der Waals surface area contributed by atoms with Crippen LogP contribution in [0.15, 0.2) is 79.9 Å². The number of benzene rings is 2. The Balaban J connectivity index is 1.57. The molecule has 3 aliphatic rings. The lowest BCUT2D eigenvalue weighted by Gasteiger charge is -2.37. The highest BCUT2D eigenvalue weighted by molar-refractivity contribution is 6.30. The number of anilines is 2. The lowest BCUT2D eigenvalue weighted by molar-refractivity contribution is -0.144. The second-order valence-electron chi connectivity index (χ2n) is 11.8. The van der Waals surface area contributed by atoms with Crippen LogP contribution in [0.3, 0.4) is 0 Å². The topological polar surface area (TPSA) is 90.4 Å². The molecule has 5 rings (SSSR count). The summed E-state index contributed by atoms with van der Waals surface area (Å²) in [6.45, 7) is 10.5. The number of carbonyl (C=O) groups is 3. The largest absolute Gasteiger partial charge is 0.396 e. The second-order valence-corrected chi connectivity index (χ2v) is 12.3. The normalized spacial score (nSPS) is 27.2. The molecule has 3 heterocycles. The van der Waals surface area contributed by atoms with Crippen molar-refractivity contribution >= 4 is 40.7 Å². The van der Waals surface area contributed by atoms with Crippen LogP contribution in [0.25, 0.3) is 0 Å². The molecule has 2 unspecified atom stereocenters. The summed E-state index contributed by atoms with van der Waals surface area (Å²) in [5.74, 6) is -2.29. The van der Waals surface area contributed by atoms with Crippen LogP contribution in [-0.4, -0.2) is 71.2 Å². The van der Waals surface area contributed by atoms with Crippen molar-refractivity contribution in [3.63, 3.8) is 0 Å². The number of likely N-dealkylation sites (tertiary alicyclic amines) is 1. The summed E-state index contributed by atoms with van der Waals surface area (Å²) in [6, 6.07) is 15.4. The zero-order chi connectivity index (χ0) is 30.8. The molecule has 2 bridgehead atoms. The van der Waals surface area contributed by atoms with E-state index in [1.54, 1.807) is 51.1 Å². The van der Waals surface area contributed by atoms with Gasteiger partial charge in [-0.3, -0.25) is 14.4 Å². The smallest absolute Gasteiger partial charge is 0.253 e. The molecule has 5 atom stereocenters. The molecule has 2 aromatic carbocycles. The number of aliphatic hydroxyl groups is 1. The number of unbranched alkanes of at least 4 members (excludes halogenated alkanes) is 2. The van der Waals surface area contributed by atoms with Gasteiger partial charge in [-0.1, -0.05) is 42.0 Å². The van der Waals surface area contributed by atoms with Crippen LogP contribution in [0.4, 0.5) is 11.4 Å². The molecule has 9 heteroatoms. The van der Waals surface area contributed by atoms with E-state index in [0.717, 1.165) is 0 Å². The summed E-state index contributed by atoms with van der Waals surface area (Å²) in [7, 11) is 0. The Morgan fingerprint density at radius 1 is 0.977 bits per heavy atom. The maximum atomic E-state index is 14.7. The lowest BCUT2D eigenvalue weighted by Crippen LogP contribution is -2.56. The van der Waals surface area contributed by atoms with Crippen molar-refractivity contribution < 1.29 is 24.2 Å². The van der Waals surface area contributed by atoms with Gasteiger partial charge in [-0.2, -0.15) is 0 Å². The molecular weight excluding hydrogens is 566 g/mol. The number of hydrogen-bond donors (Lipinski definition) is 1. The van der Waals surface area contributed by atoms with Crippen LogP contribution in [0, 0.1) is 11.8 Å². The minimum Gasteiger partial charge on any atom is -0.396 e. The van der Waals surface area contributed by atoms with E-state index in [1.807, 2.05) is 37.3 Å². The van der Waals surface area contributed by atoms with Gasteiger partial charge >= 0.3 is 0 Å². The van der Waals surface area contributed by atoms with Crippen molar-refractivity contribution in [2.45, 2.75) is 56.3 Å². The SMILES string of the molecule is C=CCN(C(=O)C1N(CCCCCO)C(=O)[C@@H]2[C@H](C(=O)N(CC=C)c3ccccc3)[C@]3(C)CCC12O3)c1ccc(Cl)cc1. The van der Waals surface area contributed by atoms with Gasteiger partial charge in [0.25, 0.3) is 5.91 Å². The predicted molar refractivity (Wildman–Crippen MR) is 168 cm³/mol. The van der Waals surface area contributed by atoms with Crippen molar-refractivity contribution in [2.24, 2.45) is 11.8 Å². The number of ether oxygens (including phenoxy) is 1. The fraction of sp³-hybridized carbons (Fsp3) is 0.441. The summed E-state index contributed by atoms with van der Waals surface area (Å²) in [5, 5.41) is 9.87. The molecule has 2 aromatic rings. The third-order valence-electron chi connectivity index (χ3n) is 9.20. The molecular formula is C34H40ClN3O5. The van der Waals surface area contributed by atoms with E-state index in [0.29, 0.717) is 55.0 Å². The van der Waals surface area contributed by atoms with Crippen molar-refractivity contribution in [1.82, 2.24) is 4.90 Å². The highest BCUT2D eigenvalue weighted by Crippen LogP contribution is 2.63. The molecule has 0 aliphatic carbocycles. The van der Waals surface area contributed by atoms with Crippen molar-refractivity contribution in [3.05, 3.63) is 84.9 Å². The van der Waals surface area contributed by atoms with Gasteiger partial charge in [0.2, 0.25) is 11.8 Å². The van der Waals surface area contributed by atoms with Crippen molar-refractivity contribution in [2.75, 3.05) is 36.0 Å². The molecule has 43 heavy (non-hydrogen) atoms. The van der Waals surface area contributed by atoms with Gasteiger partial charge in [-0.25, -0.2) is 0 Å². The number of para-hydroxylation sites is 1. The standard InChI is InChI=1S/C34H40ClN3O5/c1-4-20-36(25-12-8-6-9-13-25)30(40)27-28-31(41)38(22-10-7-11-23-39)29(34(28)19-18-33(27,3)43-34)32(42)37(21-5-2)26-16-14-24(35)15-17-26/h4-6,8-9,12-17,27-29,39H,1-2,7,10-11,18-23H2,3H3/t27-,28+,29?,33+,34?/m1/s1. The molecule has 3 aliphatic heterocycles. The summed E-state index contributed by atoms with van der Waals surface area (Å²) in [4.78, 5) is 48.5. The van der Waals surface area contributed by atoms with Crippen LogP contribution < -0.4 is 9.80 Å². The quantitative estimate of drug-likeness (QED) is 0.256. The Kier molecular flexibility index (Phi) is 9.11. The zero-order valence-corrected chi connectivity index (χ0v) is 25.4. The van der Waals surface area contributed by atoms with Gasteiger partial charge in [0.15, 0.2) is 0 Å². The van der Waals surface area contributed by atoms with E-state index >= 15 is 0 Å². The minimum absolute atomic E-state index is 0.0587. The fourth-order valence-electron chi connectivity index (χ4n) is 7.34. The predicted octanol–water partition coefficient (Wildman–Crippen LogP) is 5.01. The summed E-state index contributed by atoms with van der Waals surface area (Å²) in [5.41, 5.74) is -0.708. The Labute approximate surface area is 258 Å². The lowest BCUT2D eigenvalue weighted by atomic mass is 9.66. The van der Waals surface area contributed by atoms with Crippen molar-refractivity contribution in [3.8, 4) is 0 Å². The molecule has 1 spiro atoms. The number of hydrogen-bond acceptors (Lipinski definition) is 5. The average molecular weight is 606 g/mol. The van der Waals surface area contributed by atoms with Crippen LogP contribution in [0.2, 0.25) is 5.02 Å². The maximum Gasteiger partial charge on any atom is 0.253 e. The molecule has 0 aromatic heterocycles. The number of carbonyl (C=O) groups excluding carboxylic acids is 3. The third kappa shape index (κ3) is 5.41. The van der Waals surface area contributed by atoms with E-state index in [2.05, 4.69) is 13.2 Å². The highest BCUT2D eigenvalue weighted by atomic mass is 35.5.